The minimum absolute atomic E-state index is 0. The van der Waals surface area contributed by atoms with E-state index in [9.17, 15) is 44.1 Å². The van der Waals surface area contributed by atoms with Crippen molar-refractivity contribution in [3.63, 3.8) is 0 Å². The molecule has 105 valence electrons. The summed E-state index contributed by atoms with van der Waals surface area (Å²) in [5, 5.41) is 27.7. The van der Waals surface area contributed by atoms with Gasteiger partial charge in [-0.1, -0.05) is 0 Å². The predicted octanol–water partition coefficient (Wildman–Crippen LogP) is -5.03. The SMILES string of the molecule is CC(=O)C(=O)[O-].CC(=O)C(=O)[O-].CC(=O)C(=O)[O-].[Cr+3]. The van der Waals surface area contributed by atoms with Gasteiger partial charge < -0.3 is 29.7 Å². The molecule has 0 atom stereocenters. The minimum atomic E-state index is -1.63. The van der Waals surface area contributed by atoms with Crippen LogP contribution in [0, 0.1) is 0 Å². The standard InChI is InChI=1S/3C3H4O3.Cr/c3*1-2(4)3(5)6;/h3*1H3,(H,5,6);/q;;;+3/p-3. The van der Waals surface area contributed by atoms with Crippen LogP contribution in [0.5, 0.6) is 0 Å². The van der Waals surface area contributed by atoms with Crippen LogP contribution in [-0.4, -0.2) is 35.3 Å². The molecule has 10 heteroatoms. The van der Waals surface area contributed by atoms with E-state index < -0.39 is 35.3 Å². The number of carboxylic acid groups (broad SMARTS) is 3. The summed E-state index contributed by atoms with van der Waals surface area (Å²) in [7, 11) is 0. The summed E-state index contributed by atoms with van der Waals surface area (Å²) in [4.78, 5) is 56.2. The van der Waals surface area contributed by atoms with E-state index in [0.717, 1.165) is 20.8 Å². The van der Waals surface area contributed by atoms with Gasteiger partial charge in [-0.2, -0.15) is 0 Å². The van der Waals surface area contributed by atoms with Gasteiger partial charge in [0.1, 0.15) is 17.9 Å². The molecule has 0 aromatic carbocycles. The van der Waals surface area contributed by atoms with Crippen molar-refractivity contribution in [3.05, 3.63) is 0 Å². The smallest absolute Gasteiger partial charge is 0.542 e. The van der Waals surface area contributed by atoms with Gasteiger partial charge >= 0.3 is 17.4 Å². The topological polar surface area (TPSA) is 172 Å². The molecule has 0 unspecified atom stereocenters. The van der Waals surface area contributed by atoms with Crippen LogP contribution in [0.1, 0.15) is 20.8 Å². The zero-order valence-corrected chi connectivity index (χ0v) is 11.4. The van der Waals surface area contributed by atoms with E-state index in [1.165, 1.54) is 0 Å². The Morgan fingerprint density at radius 1 is 0.526 bits per heavy atom. The number of Topliss-reactive ketones (excluding diaryl/α,β-unsaturated/α-hetero) is 3. The molecular formula is C9H9CrO9. The van der Waals surface area contributed by atoms with E-state index in [2.05, 4.69) is 0 Å². The van der Waals surface area contributed by atoms with Crippen LogP contribution >= 0.6 is 0 Å². The van der Waals surface area contributed by atoms with Crippen LogP contribution < -0.4 is 15.3 Å². The van der Waals surface area contributed by atoms with Crippen molar-refractivity contribution in [1.82, 2.24) is 0 Å². The minimum Gasteiger partial charge on any atom is -0.542 e. The third-order valence-electron chi connectivity index (χ3n) is 0.862. The molecule has 0 saturated heterocycles. The largest absolute Gasteiger partial charge is 3.00 e. The van der Waals surface area contributed by atoms with Gasteiger partial charge in [-0.15, -0.1) is 0 Å². The third-order valence-corrected chi connectivity index (χ3v) is 0.862. The maximum atomic E-state index is 9.48. The van der Waals surface area contributed by atoms with Gasteiger partial charge in [0.25, 0.3) is 0 Å². The molecule has 0 aromatic heterocycles. The van der Waals surface area contributed by atoms with Gasteiger partial charge in [0.15, 0.2) is 17.3 Å². The third kappa shape index (κ3) is 31.4. The van der Waals surface area contributed by atoms with Crippen LogP contribution in [0.25, 0.3) is 0 Å². The summed E-state index contributed by atoms with van der Waals surface area (Å²) in [6, 6.07) is 0. The molecule has 1 radical (unpaired) electrons. The molecule has 0 aromatic rings. The predicted molar refractivity (Wildman–Crippen MR) is 47.1 cm³/mol. The molecule has 0 heterocycles. The fourth-order valence-electron chi connectivity index (χ4n) is 0. The van der Waals surface area contributed by atoms with E-state index in [4.69, 9.17) is 0 Å². The normalized spacial score (nSPS) is 7.11. The number of ketones is 3. The van der Waals surface area contributed by atoms with Gasteiger partial charge in [0.2, 0.25) is 0 Å². The summed E-state index contributed by atoms with van der Waals surface area (Å²) in [5.74, 6) is -7.69. The average molecular weight is 313 g/mol. The van der Waals surface area contributed by atoms with Crippen LogP contribution in [0.4, 0.5) is 0 Å². The number of aliphatic carboxylic acids is 3. The molecule has 0 amide bonds. The Balaban J connectivity index is -0.0000000865. The van der Waals surface area contributed by atoms with E-state index >= 15 is 0 Å². The number of hydrogen-bond acceptors (Lipinski definition) is 9. The summed E-state index contributed by atoms with van der Waals surface area (Å²) in [6.07, 6.45) is 0. The first kappa shape index (κ1) is 25.7. The van der Waals surface area contributed by atoms with Crippen LogP contribution in [0.3, 0.4) is 0 Å². The summed E-state index contributed by atoms with van der Waals surface area (Å²) in [6.45, 7) is 2.82. The van der Waals surface area contributed by atoms with Crippen molar-refractivity contribution >= 4 is 35.3 Å². The molecule has 0 fully saturated rings. The zero-order chi connectivity index (χ0) is 15.5. The summed E-state index contributed by atoms with van der Waals surface area (Å²) < 4.78 is 0. The van der Waals surface area contributed by atoms with Crippen molar-refractivity contribution in [3.8, 4) is 0 Å². The number of hydrogen-bond donors (Lipinski definition) is 0. The van der Waals surface area contributed by atoms with E-state index in [0.29, 0.717) is 0 Å². The van der Waals surface area contributed by atoms with E-state index in [1.54, 1.807) is 0 Å². The molecular weight excluding hydrogens is 304 g/mol. The molecule has 0 spiro atoms. The second kappa shape index (κ2) is 14.0. The van der Waals surface area contributed by atoms with Crippen molar-refractivity contribution in [1.29, 1.82) is 0 Å². The Labute approximate surface area is 118 Å². The quantitative estimate of drug-likeness (QED) is 0.462. The summed E-state index contributed by atoms with van der Waals surface area (Å²) in [5.41, 5.74) is 0. The fraction of sp³-hybridized carbons (Fsp3) is 0.333. The first-order valence-electron chi connectivity index (χ1n) is 4.09. The molecule has 0 aliphatic rings. The average Bonchev–Trinajstić information content (AvgIpc) is 2.18. The Hall–Kier alpha value is -2.05. The molecule has 9 nitrogen and oxygen atoms in total. The van der Waals surface area contributed by atoms with Gasteiger partial charge in [-0.3, -0.25) is 14.4 Å². The van der Waals surface area contributed by atoms with Gasteiger partial charge in [-0.25, -0.2) is 0 Å². The molecule has 0 aliphatic heterocycles. The molecule has 0 N–H and O–H groups in total. The Morgan fingerprint density at radius 3 is 0.579 bits per heavy atom. The number of carboxylic acids is 3. The Bertz CT molecular complexity index is 279. The Kier molecular flexibility index (Phi) is 19.0. The van der Waals surface area contributed by atoms with Crippen molar-refractivity contribution < 1.29 is 61.4 Å². The van der Waals surface area contributed by atoms with Crippen molar-refractivity contribution in [2.24, 2.45) is 0 Å². The Morgan fingerprint density at radius 2 is 0.579 bits per heavy atom. The summed E-state index contributed by atoms with van der Waals surface area (Å²) >= 11 is 0. The monoisotopic (exact) mass is 313 g/mol. The van der Waals surface area contributed by atoms with E-state index in [-0.39, 0.29) is 17.4 Å². The molecule has 0 rings (SSSR count). The molecule has 0 bridgehead atoms. The van der Waals surface area contributed by atoms with E-state index in [1.807, 2.05) is 0 Å². The van der Waals surface area contributed by atoms with Crippen molar-refractivity contribution in [2.75, 3.05) is 0 Å². The van der Waals surface area contributed by atoms with Gasteiger partial charge in [0.05, 0.1) is 0 Å². The van der Waals surface area contributed by atoms with Gasteiger partial charge in [0, 0.05) is 20.8 Å². The van der Waals surface area contributed by atoms with Crippen LogP contribution in [-0.2, 0) is 46.1 Å². The van der Waals surface area contributed by atoms with Crippen molar-refractivity contribution in [2.45, 2.75) is 20.8 Å². The van der Waals surface area contributed by atoms with Crippen LogP contribution in [0.15, 0.2) is 0 Å². The first-order valence-corrected chi connectivity index (χ1v) is 4.09. The maximum absolute atomic E-state index is 9.48. The fourth-order valence-corrected chi connectivity index (χ4v) is 0. The maximum Gasteiger partial charge on any atom is 3.00 e. The zero-order valence-electron chi connectivity index (χ0n) is 10.1. The molecule has 0 saturated carbocycles. The number of carbonyl (C=O) groups excluding carboxylic acids is 6. The second-order valence-electron chi connectivity index (χ2n) is 2.53. The van der Waals surface area contributed by atoms with Gasteiger partial charge in [-0.05, 0) is 0 Å². The number of rotatable bonds is 3. The molecule has 19 heavy (non-hydrogen) atoms. The first-order chi connectivity index (χ1) is 7.93. The molecule has 0 aliphatic carbocycles. The van der Waals surface area contributed by atoms with Crippen LogP contribution in [0.2, 0.25) is 0 Å². The number of carbonyl (C=O) groups is 6. The second-order valence-corrected chi connectivity index (χ2v) is 2.53.